The number of hydrogen-bond acceptors (Lipinski definition) is 5. The number of nitrogens with one attached hydrogen (secondary N) is 1. The van der Waals surface area contributed by atoms with Crippen LogP contribution in [0.15, 0.2) is 12.5 Å². The van der Waals surface area contributed by atoms with Gasteiger partial charge in [-0.3, -0.25) is 0 Å². The number of ether oxygens (including phenoxy) is 2. The van der Waals surface area contributed by atoms with Crippen LogP contribution in [0.4, 0.5) is 0 Å². The molecule has 1 rings (SSSR count). The molecule has 0 amide bonds. The molecule has 0 aliphatic rings. The third-order valence-corrected chi connectivity index (χ3v) is 2.19. The van der Waals surface area contributed by atoms with Crippen molar-refractivity contribution < 1.29 is 14.6 Å². The third-order valence-electron chi connectivity index (χ3n) is 2.19. The van der Waals surface area contributed by atoms with Crippen molar-refractivity contribution in [2.45, 2.75) is 24.9 Å². The van der Waals surface area contributed by atoms with Crippen molar-refractivity contribution in [2.75, 3.05) is 14.2 Å². The minimum absolute atomic E-state index is 0.463. The highest BCUT2D eigenvalue weighted by Gasteiger charge is 2.25. The van der Waals surface area contributed by atoms with Gasteiger partial charge in [0.15, 0.2) is 6.29 Å². The van der Waals surface area contributed by atoms with Gasteiger partial charge in [0.05, 0.1) is 6.33 Å². The van der Waals surface area contributed by atoms with Crippen molar-refractivity contribution in [3.63, 3.8) is 0 Å². The largest absolute Gasteiger partial charge is 0.386 e. The van der Waals surface area contributed by atoms with E-state index in [1.165, 1.54) is 14.2 Å². The second-order valence-corrected chi connectivity index (χ2v) is 3.28. The molecular weight excluding hydrogens is 198 g/mol. The first-order valence-electron chi connectivity index (χ1n) is 4.65. The highest BCUT2D eigenvalue weighted by Crippen LogP contribution is 2.07. The van der Waals surface area contributed by atoms with Crippen LogP contribution in [0.25, 0.3) is 0 Å². The summed E-state index contributed by atoms with van der Waals surface area (Å²) in [5.41, 5.74) is 6.67. The Morgan fingerprint density at radius 3 is 2.67 bits per heavy atom. The fraction of sp³-hybridized carbons (Fsp3) is 0.667. The van der Waals surface area contributed by atoms with Crippen LogP contribution in [0.3, 0.4) is 0 Å². The first kappa shape index (κ1) is 12.1. The van der Waals surface area contributed by atoms with E-state index in [-0.39, 0.29) is 0 Å². The highest BCUT2D eigenvalue weighted by molar-refractivity contribution is 4.98. The summed E-state index contributed by atoms with van der Waals surface area (Å²) in [5.74, 6) is 0. The zero-order valence-electron chi connectivity index (χ0n) is 8.88. The lowest BCUT2D eigenvalue weighted by atomic mass is 10.1. The predicted octanol–water partition coefficient (Wildman–Crippen LogP) is -0.741. The zero-order chi connectivity index (χ0) is 11.3. The zero-order valence-corrected chi connectivity index (χ0v) is 8.88. The smallest absolute Gasteiger partial charge is 0.184 e. The molecule has 0 aromatic carbocycles. The minimum atomic E-state index is -0.872. The molecule has 2 unspecified atom stereocenters. The molecule has 0 aliphatic heterocycles. The Kier molecular flexibility index (Phi) is 4.70. The van der Waals surface area contributed by atoms with Crippen LogP contribution in [0.5, 0.6) is 0 Å². The summed E-state index contributed by atoms with van der Waals surface area (Å²) in [6.07, 6.45) is 2.15. The lowest BCUT2D eigenvalue weighted by molar-refractivity contribution is -0.169. The molecular formula is C9H17N3O3. The average Bonchev–Trinajstić information content (AvgIpc) is 2.72. The Bertz CT molecular complexity index is 262. The van der Waals surface area contributed by atoms with Gasteiger partial charge in [0.2, 0.25) is 0 Å². The Morgan fingerprint density at radius 1 is 1.53 bits per heavy atom. The van der Waals surface area contributed by atoms with E-state index in [0.717, 1.165) is 5.69 Å². The maximum atomic E-state index is 9.77. The Hall–Kier alpha value is -0.950. The average molecular weight is 215 g/mol. The summed E-state index contributed by atoms with van der Waals surface area (Å²) < 4.78 is 9.85. The fourth-order valence-electron chi connectivity index (χ4n) is 1.35. The van der Waals surface area contributed by atoms with Crippen molar-refractivity contribution in [2.24, 2.45) is 5.73 Å². The van der Waals surface area contributed by atoms with Crippen LogP contribution in [-0.2, 0) is 15.9 Å². The number of aliphatic hydroxyl groups is 1. The van der Waals surface area contributed by atoms with Gasteiger partial charge in [-0.2, -0.15) is 0 Å². The van der Waals surface area contributed by atoms with Gasteiger partial charge in [-0.15, -0.1) is 0 Å². The topological polar surface area (TPSA) is 93.4 Å². The van der Waals surface area contributed by atoms with Crippen molar-refractivity contribution in [3.8, 4) is 0 Å². The summed E-state index contributed by atoms with van der Waals surface area (Å²) in [6, 6.07) is -0.463. The number of methoxy groups -OCH3 is 2. The Labute approximate surface area is 88.4 Å². The van der Waals surface area contributed by atoms with Crippen LogP contribution >= 0.6 is 0 Å². The van der Waals surface area contributed by atoms with Crippen LogP contribution in [0.2, 0.25) is 0 Å². The summed E-state index contributed by atoms with van der Waals surface area (Å²) in [7, 11) is 2.92. The Morgan fingerprint density at radius 2 is 2.20 bits per heavy atom. The van der Waals surface area contributed by atoms with Crippen LogP contribution < -0.4 is 5.73 Å². The summed E-state index contributed by atoms with van der Waals surface area (Å²) in [4.78, 5) is 6.78. The number of H-pyrrole nitrogens is 1. The van der Waals surface area contributed by atoms with Gasteiger partial charge in [0.1, 0.15) is 6.10 Å². The van der Waals surface area contributed by atoms with Crippen LogP contribution in [0.1, 0.15) is 5.69 Å². The molecule has 0 fully saturated rings. The lowest BCUT2D eigenvalue weighted by Crippen LogP contribution is -2.46. The van der Waals surface area contributed by atoms with E-state index >= 15 is 0 Å². The molecule has 0 saturated heterocycles. The van der Waals surface area contributed by atoms with Gasteiger partial charge in [0.25, 0.3) is 0 Å². The molecule has 4 N–H and O–H groups in total. The minimum Gasteiger partial charge on any atom is -0.386 e. The van der Waals surface area contributed by atoms with Crippen molar-refractivity contribution in [1.82, 2.24) is 9.97 Å². The summed E-state index contributed by atoms with van der Waals surface area (Å²) in [5, 5.41) is 9.77. The normalized spacial score (nSPS) is 15.5. The van der Waals surface area contributed by atoms with Gasteiger partial charge in [0, 0.05) is 38.6 Å². The number of nitrogens with two attached hydrogens (primary N) is 1. The highest BCUT2D eigenvalue weighted by atomic mass is 16.7. The standard InChI is InChI=1S/C9H17N3O3/c1-14-9(15-2)8(13)7(10)3-6-4-11-5-12-6/h4-5,7-9,13H,3,10H2,1-2H3,(H,11,12). The molecule has 0 spiro atoms. The molecule has 1 aromatic heterocycles. The number of rotatable bonds is 6. The SMILES string of the molecule is COC(OC)C(O)C(N)Cc1cnc[nH]1. The second-order valence-electron chi connectivity index (χ2n) is 3.28. The van der Waals surface area contributed by atoms with Crippen LogP contribution in [-0.4, -0.2) is 47.7 Å². The molecule has 6 nitrogen and oxygen atoms in total. The van der Waals surface area contributed by atoms with Crippen molar-refractivity contribution in [1.29, 1.82) is 0 Å². The number of imidazole rings is 1. The van der Waals surface area contributed by atoms with Gasteiger partial charge in [-0.05, 0) is 0 Å². The molecule has 1 heterocycles. The molecule has 6 heteroatoms. The molecule has 0 bridgehead atoms. The molecule has 86 valence electrons. The number of hydrogen-bond donors (Lipinski definition) is 3. The fourth-order valence-corrected chi connectivity index (χ4v) is 1.35. The van der Waals surface area contributed by atoms with Gasteiger partial charge in [-0.1, -0.05) is 0 Å². The predicted molar refractivity (Wildman–Crippen MR) is 54.1 cm³/mol. The van der Waals surface area contributed by atoms with E-state index in [4.69, 9.17) is 15.2 Å². The number of aliphatic hydroxyl groups excluding tert-OH is 1. The lowest BCUT2D eigenvalue weighted by Gasteiger charge is -2.24. The van der Waals surface area contributed by atoms with E-state index in [1.807, 2.05) is 0 Å². The quantitative estimate of drug-likeness (QED) is 0.543. The Balaban J connectivity index is 2.48. The molecule has 1 aromatic rings. The second kappa shape index (κ2) is 5.82. The molecule has 0 radical (unpaired) electrons. The summed E-state index contributed by atoms with van der Waals surface area (Å²) in [6.45, 7) is 0. The summed E-state index contributed by atoms with van der Waals surface area (Å²) >= 11 is 0. The van der Waals surface area contributed by atoms with E-state index < -0.39 is 18.4 Å². The van der Waals surface area contributed by atoms with E-state index in [2.05, 4.69) is 9.97 Å². The number of nitrogens with zero attached hydrogens (tertiary/aromatic N) is 1. The van der Waals surface area contributed by atoms with Gasteiger partial charge in [-0.25, -0.2) is 4.98 Å². The van der Waals surface area contributed by atoms with Crippen LogP contribution in [0, 0.1) is 0 Å². The van der Waals surface area contributed by atoms with Crippen molar-refractivity contribution in [3.05, 3.63) is 18.2 Å². The van der Waals surface area contributed by atoms with Gasteiger partial charge < -0.3 is 25.3 Å². The molecule has 15 heavy (non-hydrogen) atoms. The first-order chi connectivity index (χ1) is 7.19. The maximum Gasteiger partial charge on any atom is 0.184 e. The van der Waals surface area contributed by atoms with E-state index in [0.29, 0.717) is 6.42 Å². The van der Waals surface area contributed by atoms with E-state index in [1.54, 1.807) is 12.5 Å². The molecule has 0 saturated carbocycles. The monoisotopic (exact) mass is 215 g/mol. The van der Waals surface area contributed by atoms with Crippen molar-refractivity contribution >= 4 is 0 Å². The maximum absolute atomic E-state index is 9.77. The van der Waals surface area contributed by atoms with E-state index in [9.17, 15) is 5.11 Å². The number of aromatic nitrogens is 2. The first-order valence-corrected chi connectivity index (χ1v) is 4.65. The third kappa shape index (κ3) is 3.28. The number of aromatic amines is 1. The molecule has 0 aliphatic carbocycles. The van der Waals surface area contributed by atoms with Gasteiger partial charge >= 0.3 is 0 Å². The molecule has 2 atom stereocenters.